The molecule has 0 heterocycles. The molecule has 1 aromatic rings. The van der Waals surface area contributed by atoms with Gasteiger partial charge in [-0.2, -0.15) is 0 Å². The number of amidine groups is 1. The van der Waals surface area contributed by atoms with E-state index in [1.54, 1.807) is 12.1 Å². The van der Waals surface area contributed by atoms with Crippen LogP contribution in [0.2, 0.25) is 15.1 Å². The minimum atomic E-state index is 0. The van der Waals surface area contributed by atoms with Gasteiger partial charge in [0.2, 0.25) is 0 Å². The van der Waals surface area contributed by atoms with Crippen LogP contribution in [0.3, 0.4) is 0 Å². The predicted molar refractivity (Wildman–Crippen MR) is 64.3 cm³/mol. The van der Waals surface area contributed by atoms with Gasteiger partial charge < -0.3 is 5.73 Å². The van der Waals surface area contributed by atoms with Crippen LogP contribution in [0.4, 0.5) is 0 Å². The average molecular weight is 274 g/mol. The molecule has 0 aliphatic heterocycles. The lowest BCUT2D eigenvalue weighted by atomic mass is 10.1. The molecule has 0 amide bonds. The molecule has 0 saturated heterocycles. The van der Waals surface area contributed by atoms with Gasteiger partial charge in [-0.3, -0.25) is 5.41 Å². The third kappa shape index (κ3) is 3.54. The van der Waals surface area contributed by atoms with E-state index in [2.05, 4.69) is 0 Å². The normalized spacial score (nSPS) is 9.36. The third-order valence-corrected chi connectivity index (χ3v) is 2.64. The highest BCUT2D eigenvalue weighted by atomic mass is 35.5. The molecule has 0 aliphatic carbocycles. The van der Waals surface area contributed by atoms with Crippen LogP contribution in [0, 0.1) is 5.41 Å². The van der Waals surface area contributed by atoms with E-state index in [-0.39, 0.29) is 18.2 Å². The van der Waals surface area contributed by atoms with E-state index in [9.17, 15) is 0 Å². The van der Waals surface area contributed by atoms with E-state index >= 15 is 0 Å². The van der Waals surface area contributed by atoms with Crippen LogP contribution in [0.5, 0.6) is 0 Å². The van der Waals surface area contributed by atoms with Crippen molar-refractivity contribution in [3.05, 3.63) is 32.8 Å². The Kier molecular flexibility index (Phi) is 5.60. The Balaban J connectivity index is 0.00000169. The number of nitrogens with one attached hydrogen (secondary N) is 1. The molecule has 0 saturated carbocycles. The summed E-state index contributed by atoms with van der Waals surface area (Å²) >= 11 is 17.3. The highest BCUT2D eigenvalue weighted by molar-refractivity contribution is 6.48. The fourth-order valence-electron chi connectivity index (χ4n) is 0.930. The van der Waals surface area contributed by atoms with E-state index in [0.717, 1.165) is 5.56 Å². The molecule has 0 atom stereocenters. The summed E-state index contributed by atoms with van der Waals surface area (Å²) in [4.78, 5) is 0. The van der Waals surface area contributed by atoms with Crippen molar-refractivity contribution in [1.82, 2.24) is 0 Å². The van der Waals surface area contributed by atoms with E-state index in [0.29, 0.717) is 21.5 Å². The second-order valence-corrected chi connectivity index (χ2v) is 3.77. The summed E-state index contributed by atoms with van der Waals surface area (Å²) in [7, 11) is 0. The summed E-state index contributed by atoms with van der Waals surface area (Å²) in [5.74, 6) is 0.0643. The fraction of sp³-hybridized carbons (Fsp3) is 0.125. The van der Waals surface area contributed by atoms with E-state index in [4.69, 9.17) is 45.9 Å². The quantitative estimate of drug-likeness (QED) is 0.483. The van der Waals surface area contributed by atoms with Crippen molar-refractivity contribution in [3.63, 3.8) is 0 Å². The Bertz CT molecular complexity index is 328. The Morgan fingerprint density at radius 2 is 1.64 bits per heavy atom. The van der Waals surface area contributed by atoms with Crippen LogP contribution in [-0.2, 0) is 6.42 Å². The number of benzene rings is 1. The summed E-state index contributed by atoms with van der Waals surface area (Å²) in [5.41, 5.74) is 6.01. The van der Waals surface area contributed by atoms with Crippen molar-refractivity contribution in [3.8, 4) is 0 Å². The van der Waals surface area contributed by atoms with Gasteiger partial charge in [0, 0.05) is 6.42 Å². The van der Waals surface area contributed by atoms with Crippen LogP contribution >= 0.6 is 47.2 Å². The van der Waals surface area contributed by atoms with Crippen molar-refractivity contribution in [2.45, 2.75) is 6.42 Å². The molecular weight excluding hydrogens is 266 g/mol. The van der Waals surface area contributed by atoms with Gasteiger partial charge in [0.25, 0.3) is 0 Å². The van der Waals surface area contributed by atoms with E-state index in [1.807, 2.05) is 0 Å². The number of hydrogen-bond donors (Lipinski definition) is 2. The van der Waals surface area contributed by atoms with Crippen molar-refractivity contribution in [1.29, 1.82) is 5.41 Å². The second kappa shape index (κ2) is 5.66. The Labute approximate surface area is 103 Å². The molecule has 0 aromatic heterocycles. The maximum Gasteiger partial charge on any atom is 0.0950 e. The smallest absolute Gasteiger partial charge is 0.0950 e. The molecule has 0 radical (unpaired) electrons. The largest absolute Gasteiger partial charge is 0.387 e. The van der Waals surface area contributed by atoms with Crippen LogP contribution in [0.1, 0.15) is 5.56 Å². The molecule has 0 spiro atoms. The van der Waals surface area contributed by atoms with Gasteiger partial charge in [-0.25, -0.2) is 0 Å². The minimum Gasteiger partial charge on any atom is -0.387 e. The van der Waals surface area contributed by atoms with E-state index in [1.165, 1.54) is 0 Å². The molecule has 1 aromatic carbocycles. The topological polar surface area (TPSA) is 49.9 Å². The van der Waals surface area contributed by atoms with Crippen molar-refractivity contribution >= 4 is 53.0 Å². The van der Waals surface area contributed by atoms with Crippen LogP contribution in [0.15, 0.2) is 12.1 Å². The van der Waals surface area contributed by atoms with Gasteiger partial charge in [0.05, 0.1) is 20.9 Å². The zero-order chi connectivity index (χ0) is 10.0. The predicted octanol–water partition coefficient (Wildman–Crippen LogP) is 3.55. The first kappa shape index (κ1) is 13.8. The SMILES string of the molecule is Cl.N=C(N)Cc1cc(Cl)c(Cl)c(Cl)c1. The Morgan fingerprint density at radius 3 is 2.00 bits per heavy atom. The second-order valence-electron chi connectivity index (χ2n) is 2.58. The van der Waals surface area contributed by atoms with Crippen molar-refractivity contribution in [2.75, 3.05) is 0 Å². The first-order valence-corrected chi connectivity index (χ1v) is 4.60. The van der Waals surface area contributed by atoms with Crippen LogP contribution < -0.4 is 5.73 Å². The standard InChI is InChI=1S/C8H7Cl3N2.ClH/c9-5-1-4(3-7(12)13)2-6(10)8(5)11;/h1-2H,3H2,(H3,12,13);1H. The highest BCUT2D eigenvalue weighted by Gasteiger charge is 2.06. The van der Waals surface area contributed by atoms with Crippen molar-refractivity contribution in [2.24, 2.45) is 5.73 Å². The molecule has 6 heteroatoms. The Hall–Kier alpha value is -0.150. The zero-order valence-electron chi connectivity index (χ0n) is 6.98. The molecule has 2 nitrogen and oxygen atoms in total. The van der Waals surface area contributed by atoms with Gasteiger partial charge in [-0.15, -0.1) is 12.4 Å². The number of rotatable bonds is 2. The lowest BCUT2D eigenvalue weighted by molar-refractivity contribution is 1.25. The fourth-order valence-corrected chi connectivity index (χ4v) is 1.57. The summed E-state index contributed by atoms with van der Waals surface area (Å²) in [6.45, 7) is 0. The average Bonchev–Trinajstić information content (AvgIpc) is 1.98. The molecule has 0 bridgehead atoms. The zero-order valence-corrected chi connectivity index (χ0v) is 10.1. The summed E-state index contributed by atoms with van der Waals surface area (Å²) in [5, 5.41) is 8.17. The molecule has 0 unspecified atom stereocenters. The number of halogens is 4. The first-order valence-electron chi connectivity index (χ1n) is 3.47. The van der Waals surface area contributed by atoms with Crippen LogP contribution in [0.25, 0.3) is 0 Å². The molecule has 0 aliphatic rings. The van der Waals surface area contributed by atoms with Gasteiger partial charge >= 0.3 is 0 Å². The lowest BCUT2D eigenvalue weighted by Crippen LogP contribution is -2.12. The maximum absolute atomic E-state index is 7.09. The Morgan fingerprint density at radius 1 is 1.21 bits per heavy atom. The van der Waals surface area contributed by atoms with Gasteiger partial charge in [-0.05, 0) is 17.7 Å². The van der Waals surface area contributed by atoms with E-state index < -0.39 is 0 Å². The molecule has 0 fully saturated rings. The summed E-state index contributed by atoms with van der Waals surface area (Å²) in [6.07, 6.45) is 0.330. The van der Waals surface area contributed by atoms with Gasteiger partial charge in [-0.1, -0.05) is 34.8 Å². The molecule has 14 heavy (non-hydrogen) atoms. The van der Waals surface area contributed by atoms with Gasteiger partial charge in [0.1, 0.15) is 0 Å². The monoisotopic (exact) mass is 272 g/mol. The minimum absolute atomic E-state index is 0. The van der Waals surface area contributed by atoms with Crippen molar-refractivity contribution < 1.29 is 0 Å². The first-order chi connectivity index (χ1) is 6.00. The molecule has 78 valence electrons. The third-order valence-electron chi connectivity index (χ3n) is 1.44. The highest BCUT2D eigenvalue weighted by Crippen LogP contribution is 2.31. The molecule has 1 rings (SSSR count). The number of nitrogens with two attached hydrogens (primary N) is 1. The lowest BCUT2D eigenvalue weighted by Gasteiger charge is -2.03. The number of hydrogen-bond acceptors (Lipinski definition) is 1. The molecular formula is C8H8Cl4N2. The maximum atomic E-state index is 7.09. The summed E-state index contributed by atoms with van der Waals surface area (Å²) < 4.78 is 0. The summed E-state index contributed by atoms with van der Waals surface area (Å²) in [6, 6.07) is 3.30. The van der Waals surface area contributed by atoms with Crippen LogP contribution in [-0.4, -0.2) is 5.84 Å². The van der Waals surface area contributed by atoms with Gasteiger partial charge in [0.15, 0.2) is 0 Å². The molecule has 3 N–H and O–H groups in total.